The van der Waals surface area contributed by atoms with Crippen LogP contribution in [0.15, 0.2) is 11.4 Å². The average Bonchev–Trinajstić information content (AvgIpc) is 2.95. The molecule has 1 aromatic rings. The molecule has 0 saturated heterocycles. The van der Waals surface area contributed by atoms with Crippen molar-refractivity contribution in [3.63, 3.8) is 0 Å². The fourth-order valence-electron chi connectivity index (χ4n) is 2.83. The summed E-state index contributed by atoms with van der Waals surface area (Å²) in [7, 11) is 0. The molecule has 1 heterocycles. The third-order valence-electron chi connectivity index (χ3n) is 3.83. The summed E-state index contributed by atoms with van der Waals surface area (Å²) in [6.07, 6.45) is 7.12. The van der Waals surface area contributed by atoms with E-state index in [0.717, 1.165) is 17.6 Å². The number of imidazole rings is 1. The molecular weight excluding hydrogens is 272 g/mol. The number of carbonyl (C=O) groups is 1. The van der Waals surface area contributed by atoms with Gasteiger partial charge in [0.05, 0.1) is 5.75 Å². The van der Waals surface area contributed by atoms with Crippen LogP contribution >= 0.6 is 11.8 Å². The van der Waals surface area contributed by atoms with Crippen molar-refractivity contribution in [3.05, 3.63) is 11.9 Å². The van der Waals surface area contributed by atoms with Gasteiger partial charge in [0.25, 0.3) is 0 Å². The molecule has 1 aromatic heterocycles. The molecule has 0 spiro atoms. The van der Waals surface area contributed by atoms with Gasteiger partial charge in [0.15, 0.2) is 5.16 Å². The van der Waals surface area contributed by atoms with E-state index in [1.54, 1.807) is 0 Å². The topological polar surface area (TPSA) is 55.1 Å². The number of hydrogen-bond acceptors (Lipinski definition) is 3. The highest BCUT2D eigenvalue weighted by Gasteiger charge is 2.25. The summed E-state index contributed by atoms with van der Waals surface area (Å²) in [5.74, 6) is 0.00263. The van der Waals surface area contributed by atoms with Gasteiger partial charge in [-0.25, -0.2) is 4.98 Å². The number of thioether (sulfide) groups is 1. The van der Waals surface area contributed by atoms with Crippen LogP contribution in [0.1, 0.15) is 52.1 Å². The van der Waals surface area contributed by atoms with Crippen LogP contribution in [-0.2, 0) is 16.8 Å². The number of nitrogens with zero attached hydrogens (tertiary/aromatic N) is 2. The van der Waals surface area contributed by atoms with E-state index in [-0.39, 0.29) is 11.2 Å². The first-order chi connectivity index (χ1) is 9.38. The van der Waals surface area contributed by atoms with Crippen molar-refractivity contribution in [1.82, 2.24) is 9.55 Å². The number of carboxylic acids is 1. The van der Waals surface area contributed by atoms with E-state index in [0.29, 0.717) is 0 Å². The van der Waals surface area contributed by atoms with E-state index < -0.39 is 5.97 Å². The van der Waals surface area contributed by atoms with Gasteiger partial charge in [-0.1, -0.05) is 45.4 Å². The number of rotatable bonds is 5. The zero-order valence-corrected chi connectivity index (χ0v) is 13.4. The molecule has 5 heteroatoms. The minimum atomic E-state index is -0.789. The highest BCUT2D eigenvalue weighted by molar-refractivity contribution is 7.99. The highest BCUT2D eigenvalue weighted by Crippen LogP contribution is 2.32. The van der Waals surface area contributed by atoms with Gasteiger partial charge in [0.2, 0.25) is 0 Å². The lowest BCUT2D eigenvalue weighted by Crippen LogP contribution is -2.20. The Balaban J connectivity index is 2.22. The average molecular weight is 296 g/mol. The van der Waals surface area contributed by atoms with E-state index in [9.17, 15) is 4.79 Å². The van der Waals surface area contributed by atoms with Crippen molar-refractivity contribution in [2.24, 2.45) is 5.92 Å². The van der Waals surface area contributed by atoms with Gasteiger partial charge in [-0.15, -0.1) is 0 Å². The number of hydrogen-bond donors (Lipinski definition) is 1. The second-order valence-corrected chi connectivity index (χ2v) is 7.56. The maximum Gasteiger partial charge on any atom is 0.313 e. The van der Waals surface area contributed by atoms with Crippen LogP contribution in [-0.4, -0.2) is 26.4 Å². The van der Waals surface area contributed by atoms with Gasteiger partial charge in [-0.2, -0.15) is 0 Å². The fraction of sp³-hybridized carbons (Fsp3) is 0.733. The molecule has 0 amide bonds. The lowest BCUT2D eigenvalue weighted by Gasteiger charge is -2.23. The molecule has 0 aromatic carbocycles. The quantitative estimate of drug-likeness (QED) is 0.844. The molecule has 0 radical (unpaired) electrons. The van der Waals surface area contributed by atoms with Crippen LogP contribution in [0, 0.1) is 5.92 Å². The third kappa shape index (κ3) is 3.78. The zero-order valence-electron chi connectivity index (χ0n) is 12.6. The summed E-state index contributed by atoms with van der Waals surface area (Å²) < 4.78 is 2.25. The molecule has 112 valence electrons. The monoisotopic (exact) mass is 296 g/mol. The molecule has 4 nitrogen and oxygen atoms in total. The van der Waals surface area contributed by atoms with E-state index in [1.165, 1.54) is 43.1 Å². The summed E-state index contributed by atoms with van der Waals surface area (Å²) >= 11 is 1.33. The Bertz CT molecular complexity index is 471. The molecular formula is C15H24N2O2S. The summed E-state index contributed by atoms with van der Waals surface area (Å²) in [5, 5.41) is 9.71. The molecule has 0 bridgehead atoms. The van der Waals surface area contributed by atoms with Crippen molar-refractivity contribution < 1.29 is 9.90 Å². The van der Waals surface area contributed by atoms with E-state index >= 15 is 0 Å². The van der Waals surface area contributed by atoms with Crippen molar-refractivity contribution in [3.8, 4) is 0 Å². The molecule has 1 saturated carbocycles. The second-order valence-electron chi connectivity index (χ2n) is 6.62. The maximum atomic E-state index is 10.8. The van der Waals surface area contributed by atoms with Gasteiger partial charge in [0, 0.05) is 23.9 Å². The van der Waals surface area contributed by atoms with E-state index in [1.807, 2.05) is 6.20 Å². The van der Waals surface area contributed by atoms with Gasteiger partial charge in [-0.05, 0) is 18.8 Å². The predicted octanol–water partition coefficient (Wildman–Crippen LogP) is 3.55. The van der Waals surface area contributed by atoms with Crippen LogP contribution in [0.2, 0.25) is 0 Å². The van der Waals surface area contributed by atoms with Crippen LogP contribution in [0.3, 0.4) is 0 Å². The van der Waals surface area contributed by atoms with Crippen molar-refractivity contribution in [1.29, 1.82) is 0 Å². The maximum absolute atomic E-state index is 10.8. The third-order valence-corrected chi connectivity index (χ3v) is 4.80. The predicted molar refractivity (Wildman–Crippen MR) is 81.2 cm³/mol. The highest BCUT2D eigenvalue weighted by atomic mass is 32.2. The molecule has 1 aliphatic rings. The normalized spacial score (nSPS) is 16.8. The Kier molecular flexibility index (Phi) is 4.78. The Morgan fingerprint density at radius 2 is 2.10 bits per heavy atom. The summed E-state index contributed by atoms with van der Waals surface area (Å²) in [4.78, 5) is 15.2. The van der Waals surface area contributed by atoms with Gasteiger partial charge in [-0.3, -0.25) is 4.79 Å². The van der Waals surface area contributed by atoms with Crippen LogP contribution in [0.25, 0.3) is 0 Å². The Morgan fingerprint density at radius 1 is 1.45 bits per heavy atom. The van der Waals surface area contributed by atoms with Gasteiger partial charge >= 0.3 is 5.97 Å². The zero-order chi connectivity index (χ0) is 14.8. The van der Waals surface area contributed by atoms with Gasteiger partial charge < -0.3 is 9.67 Å². The first-order valence-corrected chi connectivity index (χ1v) is 8.27. The SMILES string of the molecule is CC(C)(C)c1cnc(SCC(=O)O)n1CC1CCCC1. The molecule has 1 aliphatic carbocycles. The van der Waals surface area contributed by atoms with Crippen LogP contribution < -0.4 is 0 Å². The molecule has 1 N–H and O–H groups in total. The largest absolute Gasteiger partial charge is 0.481 e. The fourth-order valence-corrected chi connectivity index (χ4v) is 3.53. The Hall–Kier alpha value is -0.970. The Labute approximate surface area is 125 Å². The van der Waals surface area contributed by atoms with Crippen molar-refractivity contribution >= 4 is 17.7 Å². The summed E-state index contributed by atoms with van der Waals surface area (Å²) in [5.41, 5.74) is 1.24. The first-order valence-electron chi connectivity index (χ1n) is 7.28. The standard InChI is InChI=1S/C15H24N2O2S/c1-15(2,3)12-8-16-14(20-10-13(18)19)17(12)9-11-6-4-5-7-11/h8,11H,4-7,9-10H2,1-3H3,(H,18,19). The minimum Gasteiger partial charge on any atom is -0.481 e. The van der Waals surface area contributed by atoms with Gasteiger partial charge in [0.1, 0.15) is 0 Å². The number of aliphatic carboxylic acids is 1. The summed E-state index contributed by atoms with van der Waals surface area (Å²) in [6.45, 7) is 7.52. The van der Waals surface area contributed by atoms with E-state index in [2.05, 4.69) is 30.3 Å². The van der Waals surface area contributed by atoms with Crippen LogP contribution in [0.4, 0.5) is 0 Å². The molecule has 2 rings (SSSR count). The van der Waals surface area contributed by atoms with Crippen molar-refractivity contribution in [2.45, 2.75) is 63.6 Å². The number of carboxylic acid groups (broad SMARTS) is 1. The lowest BCUT2D eigenvalue weighted by atomic mass is 9.92. The van der Waals surface area contributed by atoms with E-state index in [4.69, 9.17) is 5.11 Å². The molecule has 0 aliphatic heterocycles. The molecule has 1 fully saturated rings. The Morgan fingerprint density at radius 3 is 2.65 bits per heavy atom. The number of aromatic nitrogens is 2. The summed E-state index contributed by atoms with van der Waals surface area (Å²) in [6, 6.07) is 0. The molecule has 0 unspecified atom stereocenters. The molecule has 0 atom stereocenters. The smallest absolute Gasteiger partial charge is 0.313 e. The first kappa shape index (κ1) is 15.4. The van der Waals surface area contributed by atoms with Crippen LogP contribution in [0.5, 0.6) is 0 Å². The minimum absolute atomic E-state index is 0.0354. The van der Waals surface area contributed by atoms with Crippen molar-refractivity contribution in [2.75, 3.05) is 5.75 Å². The lowest BCUT2D eigenvalue weighted by molar-refractivity contribution is -0.133. The second kappa shape index (κ2) is 6.20. The molecule has 20 heavy (non-hydrogen) atoms.